The highest BCUT2D eigenvalue weighted by Gasteiger charge is 2.16. The Balaban J connectivity index is 2.84. The minimum atomic E-state index is -2.54. The first kappa shape index (κ1) is 11.3. The maximum atomic E-state index is 13.1. The molecule has 78 valence electrons. The van der Waals surface area contributed by atoms with Crippen molar-refractivity contribution in [2.75, 3.05) is 0 Å². The van der Waals surface area contributed by atoms with Crippen LogP contribution < -0.4 is 5.73 Å². The van der Waals surface area contributed by atoms with Crippen molar-refractivity contribution in [1.29, 1.82) is 0 Å². The predicted molar refractivity (Wildman–Crippen MR) is 49.0 cm³/mol. The molecule has 5 heteroatoms. The van der Waals surface area contributed by atoms with Gasteiger partial charge < -0.3 is 5.73 Å². The van der Waals surface area contributed by atoms with E-state index in [2.05, 4.69) is 0 Å². The predicted octanol–water partition coefficient (Wildman–Crippen LogP) is 3.13. The molecule has 0 bridgehead atoms. The van der Waals surface area contributed by atoms with Crippen LogP contribution in [0.5, 0.6) is 0 Å². The van der Waals surface area contributed by atoms with E-state index in [9.17, 15) is 13.2 Å². The average Bonchev–Trinajstić information content (AvgIpc) is 2.01. The summed E-state index contributed by atoms with van der Waals surface area (Å²) in [5.74, 6) is -0.648. The van der Waals surface area contributed by atoms with Crippen molar-refractivity contribution in [1.82, 2.24) is 0 Å². The minimum absolute atomic E-state index is 0.0645. The van der Waals surface area contributed by atoms with Gasteiger partial charge in [0, 0.05) is 23.0 Å². The van der Waals surface area contributed by atoms with E-state index >= 15 is 0 Å². The molecule has 0 spiro atoms. The molecule has 0 fully saturated rings. The van der Waals surface area contributed by atoms with Crippen LogP contribution in [0.15, 0.2) is 18.2 Å². The molecule has 0 heterocycles. The Morgan fingerprint density at radius 1 is 1.36 bits per heavy atom. The van der Waals surface area contributed by atoms with Gasteiger partial charge in [-0.05, 0) is 12.1 Å². The van der Waals surface area contributed by atoms with Gasteiger partial charge in [-0.25, -0.2) is 13.2 Å². The first-order valence-corrected chi connectivity index (χ1v) is 4.37. The molecule has 0 aliphatic rings. The largest absolute Gasteiger partial charge is 0.324 e. The van der Waals surface area contributed by atoms with Crippen molar-refractivity contribution in [3.05, 3.63) is 34.6 Å². The maximum absolute atomic E-state index is 13.1. The summed E-state index contributed by atoms with van der Waals surface area (Å²) in [6.45, 7) is 0. The van der Waals surface area contributed by atoms with Gasteiger partial charge in [0.1, 0.15) is 5.82 Å². The zero-order chi connectivity index (χ0) is 10.7. The Bertz CT molecular complexity index is 317. The Labute approximate surface area is 84.7 Å². The molecular weight excluding hydrogens is 215 g/mol. The lowest BCUT2D eigenvalue weighted by atomic mass is 10.0. The molecule has 2 N–H and O–H groups in total. The van der Waals surface area contributed by atoms with Crippen molar-refractivity contribution in [2.45, 2.75) is 18.9 Å². The van der Waals surface area contributed by atoms with Crippen LogP contribution in [0, 0.1) is 5.82 Å². The zero-order valence-corrected chi connectivity index (χ0v) is 7.94. The molecule has 1 rings (SSSR count). The lowest BCUT2D eigenvalue weighted by molar-refractivity contribution is 0.128. The summed E-state index contributed by atoms with van der Waals surface area (Å²) in [5, 5.41) is 0.218. The lowest BCUT2D eigenvalue weighted by Gasteiger charge is -2.12. The molecule has 1 aromatic rings. The second kappa shape index (κ2) is 4.66. The standard InChI is InChI=1S/C9H9ClF3N/c10-5-1-2-6(7(11)3-5)8(14)4-9(12)13/h1-3,8-9H,4,14H2/t8-/m1/s1. The van der Waals surface area contributed by atoms with Crippen LogP contribution in [-0.4, -0.2) is 6.43 Å². The second-order valence-corrected chi connectivity index (χ2v) is 3.34. The van der Waals surface area contributed by atoms with Gasteiger partial charge >= 0.3 is 0 Å². The SMILES string of the molecule is N[C@H](CC(F)F)c1ccc(Cl)cc1F. The van der Waals surface area contributed by atoms with Crippen LogP contribution >= 0.6 is 11.6 Å². The highest BCUT2D eigenvalue weighted by Crippen LogP contribution is 2.23. The van der Waals surface area contributed by atoms with Crippen LogP contribution in [-0.2, 0) is 0 Å². The Morgan fingerprint density at radius 3 is 2.50 bits per heavy atom. The van der Waals surface area contributed by atoms with Gasteiger partial charge in [0.2, 0.25) is 6.43 Å². The maximum Gasteiger partial charge on any atom is 0.240 e. The zero-order valence-electron chi connectivity index (χ0n) is 7.18. The van der Waals surface area contributed by atoms with E-state index in [1.54, 1.807) is 0 Å². The van der Waals surface area contributed by atoms with Crippen LogP contribution in [0.25, 0.3) is 0 Å². The number of benzene rings is 1. The number of hydrogen-bond acceptors (Lipinski definition) is 1. The van der Waals surface area contributed by atoms with Crippen LogP contribution in [0.2, 0.25) is 5.02 Å². The first-order valence-electron chi connectivity index (χ1n) is 3.99. The Kier molecular flexibility index (Phi) is 3.77. The Morgan fingerprint density at radius 2 is 2.00 bits per heavy atom. The fraction of sp³-hybridized carbons (Fsp3) is 0.333. The first-order chi connectivity index (χ1) is 6.50. The lowest BCUT2D eigenvalue weighted by Crippen LogP contribution is -2.15. The summed E-state index contributed by atoms with van der Waals surface area (Å²) in [6.07, 6.45) is -3.10. The van der Waals surface area contributed by atoms with Gasteiger partial charge in [0.15, 0.2) is 0 Å². The number of nitrogens with two attached hydrogens (primary N) is 1. The van der Waals surface area contributed by atoms with E-state index in [-0.39, 0.29) is 10.6 Å². The van der Waals surface area contributed by atoms with Crippen LogP contribution in [0.4, 0.5) is 13.2 Å². The highest BCUT2D eigenvalue weighted by molar-refractivity contribution is 6.30. The topological polar surface area (TPSA) is 26.0 Å². The van der Waals surface area contributed by atoms with Crippen molar-refractivity contribution >= 4 is 11.6 Å². The van der Waals surface area contributed by atoms with Gasteiger partial charge in [-0.3, -0.25) is 0 Å². The number of hydrogen-bond donors (Lipinski definition) is 1. The third-order valence-electron chi connectivity index (χ3n) is 1.79. The van der Waals surface area contributed by atoms with Gasteiger partial charge in [0.25, 0.3) is 0 Å². The average molecular weight is 224 g/mol. The van der Waals surface area contributed by atoms with Crippen molar-refractivity contribution in [3.63, 3.8) is 0 Å². The molecule has 0 saturated carbocycles. The van der Waals surface area contributed by atoms with Crippen molar-refractivity contribution in [3.8, 4) is 0 Å². The van der Waals surface area contributed by atoms with Crippen LogP contribution in [0.3, 0.4) is 0 Å². The molecule has 1 aromatic carbocycles. The number of halogens is 4. The molecule has 0 aliphatic heterocycles. The van der Waals surface area contributed by atoms with E-state index < -0.39 is 24.7 Å². The summed E-state index contributed by atoms with van der Waals surface area (Å²) in [4.78, 5) is 0. The second-order valence-electron chi connectivity index (χ2n) is 2.90. The molecule has 1 atom stereocenters. The number of alkyl halides is 2. The quantitative estimate of drug-likeness (QED) is 0.837. The van der Waals surface area contributed by atoms with E-state index in [1.807, 2.05) is 0 Å². The van der Waals surface area contributed by atoms with Gasteiger partial charge in [0.05, 0.1) is 0 Å². The Hall–Kier alpha value is -0.740. The van der Waals surface area contributed by atoms with Crippen molar-refractivity contribution in [2.24, 2.45) is 5.73 Å². The fourth-order valence-corrected chi connectivity index (χ4v) is 1.28. The molecule has 0 saturated heterocycles. The molecule has 0 aromatic heterocycles. The summed E-state index contributed by atoms with van der Waals surface area (Å²) >= 11 is 5.50. The molecule has 1 nitrogen and oxygen atoms in total. The molecule has 0 amide bonds. The minimum Gasteiger partial charge on any atom is -0.324 e. The fourth-order valence-electron chi connectivity index (χ4n) is 1.12. The van der Waals surface area contributed by atoms with Crippen LogP contribution in [0.1, 0.15) is 18.0 Å². The van der Waals surface area contributed by atoms with E-state index in [4.69, 9.17) is 17.3 Å². The summed E-state index contributed by atoms with van der Waals surface area (Å²) < 4.78 is 37.0. The van der Waals surface area contributed by atoms with E-state index in [1.165, 1.54) is 12.1 Å². The summed E-state index contributed by atoms with van der Waals surface area (Å²) in [5.41, 5.74) is 5.45. The normalized spacial score (nSPS) is 13.3. The monoisotopic (exact) mass is 223 g/mol. The smallest absolute Gasteiger partial charge is 0.240 e. The van der Waals surface area contributed by atoms with Gasteiger partial charge in [-0.1, -0.05) is 17.7 Å². The molecule has 0 unspecified atom stereocenters. The molecular formula is C9H9ClF3N. The van der Waals surface area contributed by atoms with Crippen molar-refractivity contribution < 1.29 is 13.2 Å². The van der Waals surface area contributed by atoms with Gasteiger partial charge in [-0.15, -0.1) is 0 Å². The summed E-state index contributed by atoms with van der Waals surface area (Å²) in [7, 11) is 0. The third kappa shape index (κ3) is 2.89. The van der Waals surface area contributed by atoms with E-state index in [0.717, 1.165) is 6.07 Å². The molecule has 14 heavy (non-hydrogen) atoms. The van der Waals surface area contributed by atoms with Gasteiger partial charge in [-0.2, -0.15) is 0 Å². The molecule has 0 aliphatic carbocycles. The van der Waals surface area contributed by atoms with E-state index in [0.29, 0.717) is 0 Å². The third-order valence-corrected chi connectivity index (χ3v) is 2.03. The highest BCUT2D eigenvalue weighted by atomic mass is 35.5. The number of rotatable bonds is 3. The summed E-state index contributed by atoms with van der Waals surface area (Å²) in [6, 6.07) is 2.81. The molecule has 0 radical (unpaired) electrons.